The summed E-state index contributed by atoms with van der Waals surface area (Å²) in [5, 5.41) is 18.8. The topological polar surface area (TPSA) is 173 Å². The SMILES string of the molecule is COCCNS(=O)(=O)c1cc([N+](=O)[O-])ccc1Oc1c(C)c(C(=O)NC[C@H]2CCCO2)nn1-c1ccc(OC)cc1. The van der Waals surface area contributed by atoms with E-state index in [1.54, 1.807) is 31.2 Å². The summed E-state index contributed by atoms with van der Waals surface area (Å²) in [6, 6.07) is 9.97. The number of methoxy groups -OCH3 is 2. The van der Waals surface area contributed by atoms with Crippen molar-refractivity contribution in [3.63, 3.8) is 0 Å². The number of aromatic nitrogens is 2. The molecule has 1 aliphatic rings. The molecule has 2 aromatic carbocycles. The first-order valence-corrected chi connectivity index (χ1v) is 14.2. The standard InChI is InChI=1S/C26H31N5O9S/c1-17-24(25(32)27-16-21-5-4-13-39-21)29-30(18-6-9-20(38-3)10-7-18)26(17)40-22-11-8-19(31(33)34)15-23(22)41(35,36)28-12-14-37-2/h6-11,15,21,28H,4-5,12-14,16H2,1-3H3,(H,27,32)/t21-/m1/s1. The first kappa shape index (κ1) is 29.9. The largest absolute Gasteiger partial charge is 0.497 e. The Morgan fingerprint density at radius 1 is 1.22 bits per heavy atom. The molecule has 14 nitrogen and oxygen atoms in total. The van der Waals surface area contributed by atoms with Crippen LogP contribution in [0.3, 0.4) is 0 Å². The van der Waals surface area contributed by atoms with Crippen molar-refractivity contribution in [2.75, 3.05) is 40.5 Å². The Hall–Kier alpha value is -4.05. The highest BCUT2D eigenvalue weighted by molar-refractivity contribution is 7.89. The fraction of sp³-hybridized carbons (Fsp3) is 0.385. The maximum absolute atomic E-state index is 13.2. The predicted molar refractivity (Wildman–Crippen MR) is 146 cm³/mol. The Kier molecular flexibility index (Phi) is 9.54. The van der Waals surface area contributed by atoms with Gasteiger partial charge >= 0.3 is 0 Å². The van der Waals surface area contributed by atoms with Crippen LogP contribution in [0.2, 0.25) is 0 Å². The molecule has 0 saturated carbocycles. The lowest BCUT2D eigenvalue weighted by atomic mass is 10.2. The molecule has 1 aliphatic heterocycles. The molecular formula is C26H31N5O9S. The number of rotatable bonds is 13. The molecule has 0 radical (unpaired) electrons. The number of nitrogens with one attached hydrogen (secondary N) is 2. The highest BCUT2D eigenvalue weighted by atomic mass is 32.2. The fourth-order valence-electron chi connectivity index (χ4n) is 4.17. The number of carbonyl (C=O) groups is 1. The number of hydrogen-bond donors (Lipinski definition) is 2. The van der Waals surface area contributed by atoms with Crippen LogP contribution in [0.5, 0.6) is 17.4 Å². The molecule has 0 spiro atoms. The lowest BCUT2D eigenvalue weighted by Crippen LogP contribution is -2.32. The molecule has 2 heterocycles. The number of amides is 1. The maximum Gasteiger partial charge on any atom is 0.272 e. The Bertz CT molecular complexity index is 1500. The number of nitro benzene ring substituents is 1. The van der Waals surface area contributed by atoms with E-state index in [2.05, 4.69) is 15.1 Å². The van der Waals surface area contributed by atoms with Crippen LogP contribution in [-0.4, -0.2) is 75.7 Å². The van der Waals surface area contributed by atoms with Crippen molar-refractivity contribution in [3.8, 4) is 23.1 Å². The van der Waals surface area contributed by atoms with E-state index in [1.807, 2.05) is 0 Å². The van der Waals surface area contributed by atoms with E-state index in [-0.39, 0.29) is 36.6 Å². The molecule has 220 valence electrons. The molecular weight excluding hydrogens is 558 g/mol. The lowest BCUT2D eigenvalue weighted by Gasteiger charge is -2.14. The molecule has 1 amide bonds. The van der Waals surface area contributed by atoms with E-state index in [0.717, 1.165) is 25.0 Å². The second-order valence-corrected chi connectivity index (χ2v) is 10.8. The number of sulfonamides is 1. The summed E-state index contributed by atoms with van der Waals surface area (Å²) in [5.74, 6) is -0.0439. The van der Waals surface area contributed by atoms with Gasteiger partial charge in [-0.1, -0.05) is 0 Å². The Morgan fingerprint density at radius 2 is 1.98 bits per heavy atom. The summed E-state index contributed by atoms with van der Waals surface area (Å²) in [5.41, 5.74) is 0.420. The minimum atomic E-state index is -4.27. The normalized spacial score (nSPS) is 15.0. The predicted octanol–water partition coefficient (Wildman–Crippen LogP) is 2.72. The van der Waals surface area contributed by atoms with Crippen LogP contribution in [0.15, 0.2) is 47.4 Å². The van der Waals surface area contributed by atoms with Gasteiger partial charge in [-0.2, -0.15) is 9.78 Å². The Balaban J connectivity index is 1.76. The number of carbonyl (C=O) groups excluding carboxylic acids is 1. The minimum Gasteiger partial charge on any atom is -0.497 e. The highest BCUT2D eigenvalue weighted by Gasteiger charge is 2.28. The van der Waals surface area contributed by atoms with Gasteiger partial charge in [0.25, 0.3) is 11.6 Å². The summed E-state index contributed by atoms with van der Waals surface area (Å²) in [4.78, 5) is 23.4. The summed E-state index contributed by atoms with van der Waals surface area (Å²) in [7, 11) is -1.33. The zero-order valence-corrected chi connectivity index (χ0v) is 23.6. The van der Waals surface area contributed by atoms with Gasteiger partial charge in [0, 0.05) is 44.5 Å². The zero-order valence-electron chi connectivity index (χ0n) is 22.8. The molecule has 2 N–H and O–H groups in total. The Labute approximate surface area is 236 Å². The third-order valence-electron chi connectivity index (χ3n) is 6.35. The van der Waals surface area contributed by atoms with Crippen molar-refractivity contribution < 1.29 is 37.1 Å². The average Bonchev–Trinajstić information content (AvgIpc) is 3.60. The van der Waals surface area contributed by atoms with Crippen molar-refractivity contribution in [2.45, 2.75) is 30.8 Å². The van der Waals surface area contributed by atoms with E-state index >= 15 is 0 Å². The van der Waals surface area contributed by atoms with Crippen LogP contribution < -0.4 is 19.5 Å². The third-order valence-corrected chi connectivity index (χ3v) is 7.83. The number of hydrogen-bond acceptors (Lipinski definition) is 10. The molecule has 1 atom stereocenters. The maximum atomic E-state index is 13.2. The third kappa shape index (κ3) is 7.00. The van der Waals surface area contributed by atoms with Gasteiger partial charge in [0.15, 0.2) is 5.69 Å². The van der Waals surface area contributed by atoms with Crippen molar-refractivity contribution >= 4 is 21.6 Å². The van der Waals surface area contributed by atoms with Gasteiger partial charge in [-0.05, 0) is 50.1 Å². The van der Waals surface area contributed by atoms with Crippen LogP contribution in [0.1, 0.15) is 28.9 Å². The lowest BCUT2D eigenvalue weighted by molar-refractivity contribution is -0.385. The van der Waals surface area contributed by atoms with Gasteiger partial charge in [-0.15, -0.1) is 0 Å². The first-order valence-electron chi connectivity index (χ1n) is 12.7. The van der Waals surface area contributed by atoms with Gasteiger partial charge in [-0.25, -0.2) is 13.1 Å². The quantitative estimate of drug-likeness (QED) is 0.171. The summed E-state index contributed by atoms with van der Waals surface area (Å²) < 4.78 is 51.8. The molecule has 41 heavy (non-hydrogen) atoms. The molecule has 1 aromatic heterocycles. The van der Waals surface area contributed by atoms with E-state index < -0.39 is 31.4 Å². The van der Waals surface area contributed by atoms with Gasteiger partial charge in [0.05, 0.1) is 30.4 Å². The number of non-ortho nitro benzene ring substituents is 1. The average molecular weight is 590 g/mol. The number of nitro groups is 1. The van der Waals surface area contributed by atoms with Crippen LogP contribution in [0.25, 0.3) is 5.69 Å². The van der Waals surface area contributed by atoms with Crippen molar-refractivity contribution in [1.29, 1.82) is 0 Å². The molecule has 0 aliphatic carbocycles. The zero-order chi connectivity index (χ0) is 29.6. The molecule has 0 bridgehead atoms. The van der Waals surface area contributed by atoms with Crippen molar-refractivity contribution in [1.82, 2.24) is 19.8 Å². The number of benzene rings is 2. The van der Waals surface area contributed by atoms with Gasteiger partial charge in [0.2, 0.25) is 15.9 Å². The summed E-state index contributed by atoms with van der Waals surface area (Å²) in [6.07, 6.45) is 1.67. The smallest absolute Gasteiger partial charge is 0.272 e. The van der Waals surface area contributed by atoms with Gasteiger partial charge < -0.3 is 24.3 Å². The van der Waals surface area contributed by atoms with Crippen LogP contribution in [0.4, 0.5) is 5.69 Å². The van der Waals surface area contributed by atoms with Crippen LogP contribution >= 0.6 is 0 Å². The molecule has 0 unspecified atom stereocenters. The minimum absolute atomic E-state index is 0.0413. The molecule has 1 fully saturated rings. The molecule has 3 aromatic rings. The second-order valence-electron chi connectivity index (χ2n) is 9.11. The first-order chi connectivity index (χ1) is 19.6. The van der Waals surface area contributed by atoms with Gasteiger partial charge in [0.1, 0.15) is 16.4 Å². The van der Waals surface area contributed by atoms with Crippen LogP contribution in [-0.2, 0) is 19.5 Å². The summed E-state index contributed by atoms with van der Waals surface area (Å²) in [6.45, 7) is 2.57. The fourth-order valence-corrected chi connectivity index (χ4v) is 5.33. The van der Waals surface area contributed by atoms with Crippen molar-refractivity contribution in [3.05, 3.63) is 63.8 Å². The van der Waals surface area contributed by atoms with E-state index in [4.69, 9.17) is 18.9 Å². The van der Waals surface area contributed by atoms with E-state index in [9.17, 15) is 23.3 Å². The molecule has 1 saturated heterocycles. The van der Waals surface area contributed by atoms with E-state index in [0.29, 0.717) is 30.2 Å². The number of ether oxygens (including phenoxy) is 4. The Morgan fingerprint density at radius 3 is 2.61 bits per heavy atom. The van der Waals surface area contributed by atoms with E-state index in [1.165, 1.54) is 25.0 Å². The number of nitrogens with zero attached hydrogens (tertiary/aromatic N) is 3. The van der Waals surface area contributed by atoms with Crippen LogP contribution in [0, 0.1) is 17.0 Å². The summed E-state index contributed by atoms with van der Waals surface area (Å²) >= 11 is 0. The molecule has 4 rings (SSSR count). The second kappa shape index (κ2) is 13.1. The van der Waals surface area contributed by atoms with Gasteiger partial charge in [-0.3, -0.25) is 14.9 Å². The highest BCUT2D eigenvalue weighted by Crippen LogP contribution is 2.36. The monoisotopic (exact) mass is 589 g/mol. The molecule has 15 heteroatoms. The van der Waals surface area contributed by atoms with Crippen molar-refractivity contribution in [2.24, 2.45) is 0 Å².